The monoisotopic (exact) mass is 249 g/mol. The van der Waals surface area contributed by atoms with Crippen LogP contribution in [0.1, 0.15) is 30.9 Å². The third-order valence-electron chi connectivity index (χ3n) is 3.39. The van der Waals surface area contributed by atoms with Crippen LogP contribution in [0.2, 0.25) is 0 Å². The molecule has 1 aliphatic rings. The number of hydrogen-bond donors (Lipinski definition) is 2. The lowest BCUT2D eigenvalue weighted by atomic mass is 9.89. The Bertz CT molecular complexity index is 468. The van der Waals surface area contributed by atoms with E-state index in [4.69, 9.17) is 4.74 Å². The summed E-state index contributed by atoms with van der Waals surface area (Å²) in [4.78, 5) is 11.6. The van der Waals surface area contributed by atoms with E-state index in [9.17, 15) is 9.90 Å². The molecule has 1 aromatic carbocycles. The SMILES string of the molecule is COc1ccc(C)cc1C(C)(NC1CC1)C(=O)O. The van der Waals surface area contributed by atoms with Gasteiger partial charge in [-0.3, -0.25) is 5.32 Å². The molecule has 0 saturated heterocycles. The molecule has 0 spiro atoms. The molecule has 0 bridgehead atoms. The van der Waals surface area contributed by atoms with E-state index in [1.54, 1.807) is 14.0 Å². The van der Waals surface area contributed by atoms with E-state index in [-0.39, 0.29) is 0 Å². The smallest absolute Gasteiger partial charge is 0.328 e. The van der Waals surface area contributed by atoms with E-state index in [1.807, 2.05) is 25.1 Å². The Kier molecular flexibility index (Phi) is 3.30. The molecule has 1 aromatic rings. The van der Waals surface area contributed by atoms with Gasteiger partial charge in [0.2, 0.25) is 0 Å². The first-order chi connectivity index (χ1) is 8.47. The quantitative estimate of drug-likeness (QED) is 0.838. The Morgan fingerprint density at radius 2 is 2.17 bits per heavy atom. The maximum atomic E-state index is 11.6. The summed E-state index contributed by atoms with van der Waals surface area (Å²) in [7, 11) is 1.56. The number of carboxylic acids is 1. The Morgan fingerprint density at radius 3 is 2.67 bits per heavy atom. The van der Waals surface area contributed by atoms with Crippen molar-refractivity contribution in [3.63, 3.8) is 0 Å². The maximum absolute atomic E-state index is 11.6. The molecule has 0 radical (unpaired) electrons. The van der Waals surface area contributed by atoms with Crippen molar-refractivity contribution in [2.75, 3.05) is 7.11 Å². The van der Waals surface area contributed by atoms with Crippen LogP contribution in [0.4, 0.5) is 0 Å². The van der Waals surface area contributed by atoms with Crippen LogP contribution < -0.4 is 10.1 Å². The predicted molar refractivity (Wildman–Crippen MR) is 68.9 cm³/mol. The van der Waals surface area contributed by atoms with Crippen molar-refractivity contribution in [2.45, 2.75) is 38.3 Å². The van der Waals surface area contributed by atoms with Gasteiger partial charge in [0.05, 0.1) is 7.11 Å². The molecule has 4 nitrogen and oxygen atoms in total. The molecule has 98 valence electrons. The average molecular weight is 249 g/mol. The van der Waals surface area contributed by atoms with Crippen LogP contribution in [0.25, 0.3) is 0 Å². The minimum atomic E-state index is -1.10. The molecule has 1 fully saturated rings. The third-order valence-corrected chi connectivity index (χ3v) is 3.39. The molecular weight excluding hydrogens is 230 g/mol. The number of ether oxygens (including phenoxy) is 1. The predicted octanol–water partition coefficient (Wildman–Crippen LogP) is 2.06. The second-order valence-corrected chi connectivity index (χ2v) is 5.05. The summed E-state index contributed by atoms with van der Waals surface area (Å²) in [6, 6.07) is 5.92. The normalized spacial score (nSPS) is 18.2. The number of aryl methyl sites for hydroxylation is 1. The summed E-state index contributed by atoms with van der Waals surface area (Å²) in [5, 5.41) is 12.8. The summed E-state index contributed by atoms with van der Waals surface area (Å²) in [6.07, 6.45) is 2.08. The van der Waals surface area contributed by atoms with Crippen molar-refractivity contribution in [1.29, 1.82) is 0 Å². The number of nitrogens with one attached hydrogen (secondary N) is 1. The van der Waals surface area contributed by atoms with Gasteiger partial charge in [-0.2, -0.15) is 0 Å². The lowest BCUT2D eigenvalue weighted by Gasteiger charge is -2.28. The minimum Gasteiger partial charge on any atom is -0.496 e. The van der Waals surface area contributed by atoms with Gasteiger partial charge >= 0.3 is 5.97 Å². The standard InChI is InChI=1S/C14H19NO3/c1-9-4-7-12(18-3)11(8-9)14(2,13(16)17)15-10-5-6-10/h4,7-8,10,15H,5-6H2,1-3H3,(H,16,17). The zero-order valence-corrected chi connectivity index (χ0v) is 11.0. The van der Waals surface area contributed by atoms with Crippen molar-refractivity contribution in [3.05, 3.63) is 29.3 Å². The lowest BCUT2D eigenvalue weighted by molar-refractivity contribution is -0.144. The van der Waals surface area contributed by atoms with Crippen LogP contribution in [0.15, 0.2) is 18.2 Å². The van der Waals surface area contributed by atoms with Crippen LogP contribution >= 0.6 is 0 Å². The van der Waals surface area contributed by atoms with Gasteiger partial charge in [-0.05, 0) is 38.8 Å². The number of carbonyl (C=O) groups is 1. The van der Waals surface area contributed by atoms with Crippen molar-refractivity contribution in [3.8, 4) is 5.75 Å². The fourth-order valence-electron chi connectivity index (χ4n) is 2.10. The fraction of sp³-hybridized carbons (Fsp3) is 0.500. The molecule has 1 saturated carbocycles. The number of benzene rings is 1. The zero-order valence-electron chi connectivity index (χ0n) is 11.0. The molecule has 0 aliphatic heterocycles. The molecular formula is C14H19NO3. The number of rotatable bonds is 5. The Labute approximate surface area is 107 Å². The van der Waals surface area contributed by atoms with Gasteiger partial charge in [0.25, 0.3) is 0 Å². The molecule has 2 rings (SSSR count). The zero-order chi connectivity index (χ0) is 13.3. The first-order valence-corrected chi connectivity index (χ1v) is 6.13. The summed E-state index contributed by atoms with van der Waals surface area (Å²) in [6.45, 7) is 3.65. The van der Waals surface area contributed by atoms with Gasteiger partial charge in [-0.1, -0.05) is 11.6 Å². The van der Waals surface area contributed by atoms with E-state index in [0.717, 1.165) is 18.4 Å². The van der Waals surface area contributed by atoms with E-state index in [2.05, 4.69) is 5.32 Å². The number of aliphatic carboxylic acids is 1. The van der Waals surface area contributed by atoms with Crippen LogP contribution in [-0.4, -0.2) is 24.2 Å². The van der Waals surface area contributed by atoms with Gasteiger partial charge < -0.3 is 9.84 Å². The average Bonchev–Trinajstić information content (AvgIpc) is 3.12. The highest BCUT2D eigenvalue weighted by molar-refractivity contribution is 5.81. The Hall–Kier alpha value is -1.55. The van der Waals surface area contributed by atoms with E-state index >= 15 is 0 Å². The lowest BCUT2D eigenvalue weighted by Crippen LogP contribution is -2.48. The minimum absolute atomic E-state index is 0.302. The Morgan fingerprint density at radius 1 is 1.50 bits per heavy atom. The van der Waals surface area contributed by atoms with E-state index in [0.29, 0.717) is 17.4 Å². The van der Waals surface area contributed by atoms with E-state index in [1.165, 1.54) is 0 Å². The summed E-state index contributed by atoms with van der Waals surface area (Å²) < 4.78 is 5.30. The highest BCUT2D eigenvalue weighted by Gasteiger charge is 2.41. The summed E-state index contributed by atoms with van der Waals surface area (Å²) in [5.41, 5.74) is 0.610. The van der Waals surface area contributed by atoms with Gasteiger partial charge in [0, 0.05) is 11.6 Å². The maximum Gasteiger partial charge on any atom is 0.328 e. The number of methoxy groups -OCH3 is 1. The molecule has 1 atom stereocenters. The van der Waals surface area contributed by atoms with Crippen LogP contribution in [0.5, 0.6) is 5.75 Å². The largest absolute Gasteiger partial charge is 0.496 e. The van der Waals surface area contributed by atoms with Crippen LogP contribution in [-0.2, 0) is 10.3 Å². The fourth-order valence-corrected chi connectivity index (χ4v) is 2.10. The molecule has 4 heteroatoms. The Balaban J connectivity index is 2.46. The second kappa shape index (κ2) is 4.61. The van der Waals surface area contributed by atoms with Gasteiger partial charge in [0.1, 0.15) is 11.3 Å². The topological polar surface area (TPSA) is 58.6 Å². The van der Waals surface area contributed by atoms with Gasteiger partial charge in [-0.25, -0.2) is 4.79 Å². The molecule has 1 unspecified atom stereocenters. The first kappa shape index (κ1) is 12.9. The van der Waals surface area contributed by atoms with Crippen molar-refractivity contribution < 1.29 is 14.6 Å². The summed E-state index contributed by atoms with van der Waals surface area (Å²) >= 11 is 0. The summed E-state index contributed by atoms with van der Waals surface area (Å²) in [5.74, 6) is -0.267. The van der Waals surface area contributed by atoms with Crippen molar-refractivity contribution >= 4 is 5.97 Å². The van der Waals surface area contributed by atoms with Crippen molar-refractivity contribution in [2.24, 2.45) is 0 Å². The molecule has 0 aromatic heterocycles. The van der Waals surface area contributed by atoms with Crippen LogP contribution in [0, 0.1) is 6.92 Å². The highest BCUT2D eigenvalue weighted by Crippen LogP contribution is 2.34. The highest BCUT2D eigenvalue weighted by atomic mass is 16.5. The molecule has 0 heterocycles. The molecule has 18 heavy (non-hydrogen) atoms. The molecule has 2 N–H and O–H groups in total. The molecule has 0 amide bonds. The third kappa shape index (κ3) is 2.34. The van der Waals surface area contributed by atoms with Gasteiger partial charge in [0.15, 0.2) is 0 Å². The number of carboxylic acid groups (broad SMARTS) is 1. The van der Waals surface area contributed by atoms with E-state index < -0.39 is 11.5 Å². The first-order valence-electron chi connectivity index (χ1n) is 6.13. The van der Waals surface area contributed by atoms with Crippen LogP contribution in [0.3, 0.4) is 0 Å². The molecule has 1 aliphatic carbocycles. The van der Waals surface area contributed by atoms with Crippen molar-refractivity contribution in [1.82, 2.24) is 5.32 Å². The van der Waals surface area contributed by atoms with Gasteiger partial charge in [-0.15, -0.1) is 0 Å². The number of hydrogen-bond acceptors (Lipinski definition) is 3. The second-order valence-electron chi connectivity index (χ2n) is 5.05.